The molecule has 2 rings (SSSR count). The van der Waals surface area contributed by atoms with Gasteiger partial charge in [0.25, 0.3) is 0 Å². The molecule has 1 saturated carbocycles. The van der Waals surface area contributed by atoms with Gasteiger partial charge in [0.1, 0.15) is 0 Å². The summed E-state index contributed by atoms with van der Waals surface area (Å²) in [6, 6.07) is 6.79. The maximum absolute atomic E-state index is 6.31. The Morgan fingerprint density at radius 2 is 1.80 bits per heavy atom. The third-order valence-electron chi connectivity index (χ3n) is 3.12. The summed E-state index contributed by atoms with van der Waals surface area (Å²) in [5.74, 6) is 0.817. The maximum Gasteiger partial charge on any atom is 0.0367 e. The van der Waals surface area contributed by atoms with Crippen molar-refractivity contribution in [1.29, 1.82) is 0 Å². The van der Waals surface area contributed by atoms with Crippen molar-refractivity contribution >= 4 is 11.6 Å². The molecule has 0 amide bonds. The van der Waals surface area contributed by atoms with Crippen LogP contribution in [0.2, 0.25) is 0 Å². The largest absolute Gasteiger partial charge is 0.123 e. The van der Waals surface area contributed by atoms with Gasteiger partial charge in [0.2, 0.25) is 0 Å². The summed E-state index contributed by atoms with van der Waals surface area (Å²) in [5.41, 5.74) is 4.17. The molecule has 0 bridgehead atoms. The number of aryl methyl sites for hydroxylation is 3. The maximum atomic E-state index is 6.31. The van der Waals surface area contributed by atoms with E-state index in [1.54, 1.807) is 0 Å². The van der Waals surface area contributed by atoms with Crippen molar-refractivity contribution in [2.45, 2.75) is 44.9 Å². The fourth-order valence-electron chi connectivity index (χ4n) is 2.21. The van der Waals surface area contributed by atoms with Crippen molar-refractivity contribution in [1.82, 2.24) is 0 Å². The van der Waals surface area contributed by atoms with E-state index in [2.05, 4.69) is 32.0 Å². The van der Waals surface area contributed by atoms with E-state index in [-0.39, 0.29) is 0 Å². The van der Waals surface area contributed by atoms with Gasteiger partial charge in [-0.05, 0) is 51.0 Å². The van der Waals surface area contributed by atoms with Crippen LogP contribution in [0.25, 0.3) is 0 Å². The van der Waals surface area contributed by atoms with Gasteiger partial charge in [-0.3, -0.25) is 0 Å². The molecule has 1 aromatic rings. The van der Waals surface area contributed by atoms with Crippen LogP contribution in [0.5, 0.6) is 0 Å². The minimum absolute atomic E-state index is 0.408. The van der Waals surface area contributed by atoms with Crippen molar-refractivity contribution in [2.75, 3.05) is 0 Å². The zero-order valence-electron chi connectivity index (χ0n) is 9.59. The summed E-state index contributed by atoms with van der Waals surface area (Å²) in [4.78, 5) is 0. The van der Waals surface area contributed by atoms with E-state index >= 15 is 0 Å². The van der Waals surface area contributed by atoms with E-state index in [4.69, 9.17) is 11.6 Å². The van der Waals surface area contributed by atoms with Crippen molar-refractivity contribution in [3.63, 3.8) is 0 Å². The number of benzene rings is 1. The minimum Gasteiger partial charge on any atom is -0.123 e. The van der Waals surface area contributed by atoms with Crippen LogP contribution < -0.4 is 0 Å². The molecule has 82 valence electrons. The Morgan fingerprint density at radius 3 is 2.33 bits per heavy atom. The van der Waals surface area contributed by atoms with Crippen LogP contribution in [0.15, 0.2) is 18.2 Å². The van der Waals surface area contributed by atoms with Crippen LogP contribution in [0.1, 0.15) is 36.0 Å². The number of rotatable bonds is 4. The molecule has 1 aliphatic carbocycles. The van der Waals surface area contributed by atoms with Crippen molar-refractivity contribution in [3.05, 3.63) is 34.9 Å². The summed E-state index contributed by atoms with van der Waals surface area (Å²) >= 11 is 6.31. The van der Waals surface area contributed by atoms with Crippen LogP contribution in [0.3, 0.4) is 0 Å². The zero-order valence-corrected chi connectivity index (χ0v) is 10.3. The molecule has 0 nitrogen and oxygen atoms in total. The predicted molar refractivity (Wildman–Crippen MR) is 66.6 cm³/mol. The second-order valence-electron chi connectivity index (χ2n) is 4.89. The van der Waals surface area contributed by atoms with Crippen LogP contribution in [0, 0.1) is 19.8 Å². The van der Waals surface area contributed by atoms with Gasteiger partial charge in [-0.15, -0.1) is 11.6 Å². The van der Waals surface area contributed by atoms with Gasteiger partial charge in [0.05, 0.1) is 0 Å². The molecule has 1 aliphatic rings. The molecule has 0 aromatic heterocycles. The third kappa shape index (κ3) is 3.24. The van der Waals surface area contributed by atoms with Crippen molar-refractivity contribution < 1.29 is 0 Å². The number of hydrogen-bond donors (Lipinski definition) is 0. The van der Waals surface area contributed by atoms with Gasteiger partial charge < -0.3 is 0 Å². The van der Waals surface area contributed by atoms with Gasteiger partial charge in [0.15, 0.2) is 0 Å². The Bertz CT molecular complexity index is 319. The summed E-state index contributed by atoms with van der Waals surface area (Å²) in [6.45, 7) is 4.32. The summed E-state index contributed by atoms with van der Waals surface area (Å²) < 4.78 is 0. The first-order valence-corrected chi connectivity index (χ1v) is 6.30. The molecule has 0 radical (unpaired) electrons. The Hall–Kier alpha value is -0.490. The standard InChI is InChI=1S/C14H19Cl/c1-10-7-11(2)9-12(8-10)3-6-14(15)13-4-5-13/h7-9,13-14H,3-6H2,1-2H3. The smallest absolute Gasteiger partial charge is 0.0367 e. The third-order valence-corrected chi connectivity index (χ3v) is 3.70. The first kappa shape index (κ1) is 11.0. The highest BCUT2D eigenvalue weighted by molar-refractivity contribution is 6.20. The van der Waals surface area contributed by atoms with Gasteiger partial charge in [-0.25, -0.2) is 0 Å². The normalized spacial score (nSPS) is 17.8. The van der Waals surface area contributed by atoms with E-state index < -0.39 is 0 Å². The molecule has 15 heavy (non-hydrogen) atoms. The number of hydrogen-bond acceptors (Lipinski definition) is 0. The van der Waals surface area contributed by atoms with Crippen LogP contribution in [-0.2, 0) is 6.42 Å². The fraction of sp³-hybridized carbons (Fsp3) is 0.571. The van der Waals surface area contributed by atoms with Gasteiger partial charge >= 0.3 is 0 Å². The lowest BCUT2D eigenvalue weighted by atomic mass is 10.0. The average Bonchev–Trinajstić information content (AvgIpc) is 2.95. The second kappa shape index (κ2) is 4.57. The summed E-state index contributed by atoms with van der Waals surface area (Å²) in [5, 5.41) is 0.408. The van der Waals surface area contributed by atoms with Gasteiger partial charge in [-0.2, -0.15) is 0 Å². The predicted octanol–water partition coefficient (Wildman–Crippen LogP) is 4.25. The molecular weight excluding hydrogens is 204 g/mol. The fourth-order valence-corrected chi connectivity index (χ4v) is 2.57. The van der Waals surface area contributed by atoms with Crippen molar-refractivity contribution in [2.24, 2.45) is 5.92 Å². The van der Waals surface area contributed by atoms with Crippen molar-refractivity contribution in [3.8, 4) is 0 Å². The molecule has 0 heterocycles. The second-order valence-corrected chi connectivity index (χ2v) is 5.45. The highest BCUT2D eigenvalue weighted by Crippen LogP contribution is 2.37. The average molecular weight is 223 g/mol. The van der Waals surface area contributed by atoms with Gasteiger partial charge in [0, 0.05) is 5.38 Å². The summed E-state index contributed by atoms with van der Waals surface area (Å²) in [6.07, 6.45) is 4.96. The number of halogens is 1. The quantitative estimate of drug-likeness (QED) is 0.668. The molecule has 1 heteroatoms. The Balaban J connectivity index is 1.91. The monoisotopic (exact) mass is 222 g/mol. The van der Waals surface area contributed by atoms with E-state index in [1.807, 2.05) is 0 Å². The van der Waals surface area contributed by atoms with Crippen LogP contribution in [0.4, 0.5) is 0 Å². The Labute approximate surface area is 97.6 Å². The molecule has 1 fully saturated rings. The number of alkyl halides is 1. The lowest BCUT2D eigenvalue weighted by Gasteiger charge is -2.09. The molecule has 0 N–H and O–H groups in total. The van der Waals surface area contributed by atoms with Gasteiger partial charge in [-0.1, -0.05) is 29.3 Å². The van der Waals surface area contributed by atoms with E-state index in [9.17, 15) is 0 Å². The zero-order chi connectivity index (χ0) is 10.8. The molecule has 1 unspecified atom stereocenters. The first-order chi connectivity index (χ1) is 7.15. The van der Waals surface area contributed by atoms with E-state index in [0.29, 0.717) is 5.38 Å². The molecule has 0 spiro atoms. The van der Waals surface area contributed by atoms with E-state index in [1.165, 1.54) is 29.5 Å². The first-order valence-electron chi connectivity index (χ1n) is 5.86. The SMILES string of the molecule is Cc1cc(C)cc(CCC(Cl)C2CC2)c1. The molecule has 0 saturated heterocycles. The Morgan fingerprint density at radius 1 is 1.20 bits per heavy atom. The minimum atomic E-state index is 0.408. The topological polar surface area (TPSA) is 0 Å². The lowest BCUT2D eigenvalue weighted by Crippen LogP contribution is -2.03. The molecule has 0 aliphatic heterocycles. The van der Waals surface area contributed by atoms with E-state index in [0.717, 1.165) is 18.8 Å². The lowest BCUT2D eigenvalue weighted by molar-refractivity contribution is 0.676. The highest BCUT2D eigenvalue weighted by atomic mass is 35.5. The van der Waals surface area contributed by atoms with Crippen LogP contribution >= 0.6 is 11.6 Å². The highest BCUT2D eigenvalue weighted by Gasteiger charge is 2.29. The molecular formula is C14H19Cl. The van der Waals surface area contributed by atoms with Crippen LogP contribution in [-0.4, -0.2) is 5.38 Å². The summed E-state index contributed by atoms with van der Waals surface area (Å²) in [7, 11) is 0. The Kier molecular flexibility index (Phi) is 3.35. The molecule has 1 aromatic carbocycles. The molecule has 1 atom stereocenters.